The maximum atomic E-state index is 14.6. The van der Waals surface area contributed by atoms with Crippen molar-refractivity contribution in [3.63, 3.8) is 0 Å². The summed E-state index contributed by atoms with van der Waals surface area (Å²) in [6.07, 6.45) is 1.90. The third-order valence-electron chi connectivity index (χ3n) is 5.03. The zero-order valence-corrected chi connectivity index (χ0v) is 18.6. The Kier molecular flexibility index (Phi) is 7.38. The maximum Gasteiger partial charge on any atom is 0.206 e. The summed E-state index contributed by atoms with van der Waals surface area (Å²) in [6, 6.07) is 27.2. The van der Waals surface area contributed by atoms with Crippen LogP contribution in [0.15, 0.2) is 100 Å². The molecule has 0 saturated heterocycles. The van der Waals surface area contributed by atoms with E-state index in [0.29, 0.717) is 29.2 Å². The smallest absolute Gasteiger partial charge is 0.206 e. The minimum atomic E-state index is -0.291. The van der Waals surface area contributed by atoms with Crippen LogP contribution in [0, 0.1) is 5.82 Å². The van der Waals surface area contributed by atoms with E-state index < -0.39 is 0 Å². The molecule has 3 aromatic carbocycles. The highest BCUT2D eigenvalue weighted by Gasteiger charge is 2.14. The average Bonchev–Trinajstić information content (AvgIpc) is 3.23. The fourth-order valence-corrected chi connectivity index (χ4v) is 4.28. The predicted molar refractivity (Wildman–Crippen MR) is 129 cm³/mol. The maximum absolute atomic E-state index is 14.6. The number of rotatable bonds is 8. The van der Waals surface area contributed by atoms with Gasteiger partial charge in [0.05, 0.1) is 18.8 Å². The molecule has 1 heterocycles. The second-order valence-corrected chi connectivity index (χ2v) is 7.97. The lowest BCUT2D eigenvalue weighted by atomic mass is 9.92. The summed E-state index contributed by atoms with van der Waals surface area (Å²) in [5.41, 5.74) is 3.41. The number of benzene rings is 3. The first-order valence-electron chi connectivity index (χ1n) is 10.4. The van der Waals surface area contributed by atoms with Crippen molar-refractivity contribution < 1.29 is 9.13 Å². The zero-order valence-electron chi connectivity index (χ0n) is 17.8. The van der Waals surface area contributed by atoms with E-state index in [4.69, 9.17) is 9.84 Å². The van der Waals surface area contributed by atoms with Crippen molar-refractivity contribution in [2.45, 2.75) is 5.92 Å². The molecule has 32 heavy (non-hydrogen) atoms. The van der Waals surface area contributed by atoms with Crippen molar-refractivity contribution in [1.82, 2.24) is 4.68 Å². The van der Waals surface area contributed by atoms with E-state index in [-0.39, 0.29) is 11.7 Å². The van der Waals surface area contributed by atoms with E-state index in [2.05, 4.69) is 29.3 Å². The third kappa shape index (κ3) is 5.10. The summed E-state index contributed by atoms with van der Waals surface area (Å²) >= 11 is 1.43. The normalized spacial score (nSPS) is 12.2. The Bertz CT molecular complexity index is 1190. The van der Waals surface area contributed by atoms with Crippen LogP contribution in [-0.2, 0) is 4.74 Å². The molecule has 0 unspecified atom stereocenters. The molecule has 162 valence electrons. The number of aromatic nitrogens is 1. The fourth-order valence-electron chi connectivity index (χ4n) is 3.42. The Morgan fingerprint density at radius 1 is 0.938 bits per heavy atom. The van der Waals surface area contributed by atoms with Gasteiger partial charge >= 0.3 is 0 Å². The highest BCUT2D eigenvalue weighted by molar-refractivity contribution is 7.07. The van der Waals surface area contributed by atoms with Crippen LogP contribution in [0.5, 0.6) is 0 Å². The van der Waals surface area contributed by atoms with Crippen LogP contribution in [0.25, 0.3) is 11.3 Å². The van der Waals surface area contributed by atoms with Crippen molar-refractivity contribution in [3.8, 4) is 11.3 Å². The van der Waals surface area contributed by atoms with Gasteiger partial charge in [0, 0.05) is 30.2 Å². The molecular formula is C26H24FN3OS. The van der Waals surface area contributed by atoms with Gasteiger partial charge in [0.1, 0.15) is 5.82 Å². The Morgan fingerprint density at radius 2 is 1.56 bits per heavy atom. The standard InChI is InChI=1S/C26H24FN3OS/c1-31-17-16-28-26-30(25(19-32-26)22-14-8-9-15-24(22)27)29-18-23(20-10-4-2-5-11-20)21-12-6-3-7-13-21/h2-15,18-19,23H,16-17H2,1H3/b28-26?,29-18+. The SMILES string of the molecule is COCCN=c1scc(-c2ccccc2F)n1/N=C/C(c1ccccc1)c1ccccc1. The molecule has 0 spiro atoms. The van der Waals surface area contributed by atoms with Crippen LogP contribution in [0.1, 0.15) is 17.0 Å². The molecule has 0 saturated carbocycles. The van der Waals surface area contributed by atoms with Crippen LogP contribution in [0.4, 0.5) is 4.39 Å². The highest BCUT2D eigenvalue weighted by atomic mass is 32.1. The van der Waals surface area contributed by atoms with Gasteiger partial charge in [0.15, 0.2) is 0 Å². The molecule has 0 aliphatic rings. The van der Waals surface area contributed by atoms with Crippen LogP contribution in [0.2, 0.25) is 0 Å². The van der Waals surface area contributed by atoms with E-state index >= 15 is 0 Å². The number of hydrogen-bond donors (Lipinski definition) is 0. The minimum Gasteiger partial charge on any atom is -0.383 e. The zero-order chi connectivity index (χ0) is 22.2. The third-order valence-corrected chi connectivity index (χ3v) is 5.88. The largest absolute Gasteiger partial charge is 0.383 e. The number of ether oxygens (including phenoxy) is 1. The van der Waals surface area contributed by atoms with Crippen LogP contribution < -0.4 is 4.80 Å². The van der Waals surface area contributed by atoms with Gasteiger partial charge in [-0.3, -0.25) is 4.99 Å². The van der Waals surface area contributed by atoms with Gasteiger partial charge in [-0.1, -0.05) is 72.8 Å². The Morgan fingerprint density at radius 3 is 2.19 bits per heavy atom. The quantitative estimate of drug-likeness (QED) is 0.258. The van der Waals surface area contributed by atoms with E-state index in [9.17, 15) is 4.39 Å². The van der Waals surface area contributed by atoms with Gasteiger partial charge in [-0.25, -0.2) is 9.07 Å². The molecule has 6 heteroatoms. The van der Waals surface area contributed by atoms with E-state index in [1.165, 1.54) is 17.4 Å². The van der Waals surface area contributed by atoms with Crippen molar-refractivity contribution in [1.29, 1.82) is 0 Å². The average molecular weight is 446 g/mol. The Balaban J connectivity index is 1.81. The Hall–Kier alpha value is -3.35. The lowest BCUT2D eigenvalue weighted by Gasteiger charge is -2.13. The van der Waals surface area contributed by atoms with Gasteiger partial charge in [-0.15, -0.1) is 11.3 Å². The fraction of sp³-hybridized carbons (Fsp3) is 0.154. The second kappa shape index (κ2) is 10.8. The molecule has 4 rings (SSSR count). The van der Waals surface area contributed by atoms with Crippen molar-refractivity contribution >= 4 is 17.6 Å². The summed E-state index contributed by atoms with van der Waals surface area (Å²) in [5, 5.41) is 6.71. The summed E-state index contributed by atoms with van der Waals surface area (Å²) in [5.74, 6) is -0.342. The Labute approximate surface area is 191 Å². The van der Waals surface area contributed by atoms with Crippen LogP contribution in [-0.4, -0.2) is 31.2 Å². The van der Waals surface area contributed by atoms with Gasteiger partial charge in [0.25, 0.3) is 0 Å². The van der Waals surface area contributed by atoms with Crippen molar-refractivity contribution in [2.24, 2.45) is 10.1 Å². The molecule has 0 atom stereocenters. The molecule has 0 bridgehead atoms. The second-order valence-electron chi connectivity index (χ2n) is 7.13. The number of hydrogen-bond acceptors (Lipinski definition) is 4. The van der Waals surface area contributed by atoms with Gasteiger partial charge in [-0.2, -0.15) is 5.10 Å². The van der Waals surface area contributed by atoms with Gasteiger partial charge < -0.3 is 4.74 Å². The number of thiazole rings is 1. The molecule has 4 aromatic rings. The lowest BCUT2D eigenvalue weighted by molar-refractivity contribution is 0.207. The van der Waals surface area contributed by atoms with Crippen LogP contribution >= 0.6 is 11.3 Å². The first-order valence-corrected chi connectivity index (χ1v) is 11.2. The molecule has 0 amide bonds. The van der Waals surface area contributed by atoms with E-state index in [1.54, 1.807) is 23.9 Å². The minimum absolute atomic E-state index is 0.0508. The molecule has 0 aliphatic carbocycles. The highest BCUT2D eigenvalue weighted by Crippen LogP contribution is 2.25. The lowest BCUT2D eigenvalue weighted by Crippen LogP contribution is -2.15. The van der Waals surface area contributed by atoms with Gasteiger partial charge in [-0.05, 0) is 23.3 Å². The molecule has 1 aromatic heterocycles. The first kappa shape index (κ1) is 21.9. The molecule has 0 N–H and O–H groups in total. The van der Waals surface area contributed by atoms with Gasteiger partial charge in [0.2, 0.25) is 4.80 Å². The number of nitrogens with zero attached hydrogens (tertiary/aromatic N) is 3. The van der Waals surface area contributed by atoms with Crippen LogP contribution in [0.3, 0.4) is 0 Å². The molecule has 0 aliphatic heterocycles. The van der Waals surface area contributed by atoms with Crippen molar-refractivity contribution in [3.05, 3.63) is 112 Å². The topological polar surface area (TPSA) is 38.9 Å². The molecule has 4 nitrogen and oxygen atoms in total. The number of methoxy groups -OCH3 is 1. The van der Waals surface area contributed by atoms with E-state index in [0.717, 1.165) is 11.1 Å². The summed E-state index contributed by atoms with van der Waals surface area (Å²) < 4.78 is 21.4. The summed E-state index contributed by atoms with van der Waals surface area (Å²) in [4.78, 5) is 5.31. The number of halogens is 1. The molecule has 0 fully saturated rings. The monoisotopic (exact) mass is 445 g/mol. The van der Waals surface area contributed by atoms with E-state index in [1.807, 2.05) is 54.1 Å². The predicted octanol–water partition coefficient (Wildman–Crippen LogP) is 5.57. The summed E-state index contributed by atoms with van der Waals surface area (Å²) in [6.45, 7) is 1.01. The molecule has 0 radical (unpaired) electrons. The summed E-state index contributed by atoms with van der Waals surface area (Å²) in [7, 11) is 1.64. The first-order chi connectivity index (χ1) is 15.8. The molecular weight excluding hydrogens is 421 g/mol. The van der Waals surface area contributed by atoms with Crippen molar-refractivity contribution in [2.75, 3.05) is 20.3 Å².